The average molecular weight is 484 g/mol. The molecule has 0 aliphatic rings. The zero-order chi connectivity index (χ0) is 26.2. The molecule has 0 aromatic heterocycles. The van der Waals surface area contributed by atoms with Gasteiger partial charge in [-0.3, -0.25) is 0 Å². The molecule has 6 heteroatoms. The smallest absolute Gasteiger partial charge is 0.416 e. The van der Waals surface area contributed by atoms with E-state index in [0.717, 1.165) is 23.3 Å². The molecule has 0 N–H and O–H groups in total. The molecule has 3 aromatic rings. The quantitative estimate of drug-likeness (QED) is 0.328. The predicted molar refractivity (Wildman–Crippen MR) is 137 cm³/mol. The van der Waals surface area contributed by atoms with Gasteiger partial charge in [-0.25, -0.2) is 4.79 Å². The van der Waals surface area contributed by atoms with Gasteiger partial charge in [-0.1, -0.05) is 62.7 Å². The van der Waals surface area contributed by atoms with E-state index in [1.807, 2.05) is 31.2 Å². The molecule has 0 aliphatic carbocycles. The van der Waals surface area contributed by atoms with Gasteiger partial charge >= 0.3 is 12.1 Å². The first-order chi connectivity index (χ1) is 16.5. The van der Waals surface area contributed by atoms with E-state index in [4.69, 9.17) is 4.74 Å². The highest BCUT2D eigenvalue weighted by molar-refractivity contribution is 5.93. The van der Waals surface area contributed by atoms with Gasteiger partial charge < -0.3 is 9.64 Å². The summed E-state index contributed by atoms with van der Waals surface area (Å²) in [5, 5.41) is 0. The van der Waals surface area contributed by atoms with Crippen LogP contribution in [0.4, 0.5) is 24.5 Å². The first kappa shape index (κ1) is 27.7. The Labute approximate surface area is 205 Å². The van der Waals surface area contributed by atoms with Crippen LogP contribution in [0.3, 0.4) is 0 Å². The van der Waals surface area contributed by atoms with E-state index in [1.54, 1.807) is 43.0 Å². The topological polar surface area (TPSA) is 29.5 Å². The number of aryl methyl sites for hydroxylation is 2. The van der Waals surface area contributed by atoms with Crippen molar-refractivity contribution in [2.45, 2.75) is 47.2 Å². The third-order valence-electron chi connectivity index (χ3n) is 5.04. The molecule has 0 spiro atoms. The fourth-order valence-corrected chi connectivity index (χ4v) is 3.38. The predicted octanol–water partition coefficient (Wildman–Crippen LogP) is 8.72. The molecule has 3 rings (SSSR count). The molecule has 0 heterocycles. The van der Waals surface area contributed by atoms with Crippen molar-refractivity contribution in [2.24, 2.45) is 0 Å². The zero-order valence-corrected chi connectivity index (χ0v) is 20.9. The Morgan fingerprint density at radius 2 is 1.54 bits per heavy atom. The minimum atomic E-state index is -4.44. The van der Waals surface area contributed by atoms with Crippen LogP contribution in [0.25, 0.3) is 5.70 Å². The van der Waals surface area contributed by atoms with Crippen molar-refractivity contribution in [1.82, 2.24) is 0 Å². The Morgan fingerprint density at radius 3 is 2.09 bits per heavy atom. The number of hydrogen-bond acceptors (Lipinski definition) is 3. The zero-order valence-electron chi connectivity index (χ0n) is 20.9. The fourth-order valence-electron chi connectivity index (χ4n) is 3.38. The van der Waals surface area contributed by atoms with Crippen LogP contribution in [-0.2, 0) is 10.9 Å². The van der Waals surface area contributed by atoms with Gasteiger partial charge in [0.2, 0.25) is 0 Å². The molecule has 0 atom stereocenters. The van der Waals surface area contributed by atoms with Crippen LogP contribution < -0.4 is 4.90 Å². The normalized spacial score (nSPS) is 10.7. The minimum absolute atomic E-state index is 0.237. The second-order valence-electron chi connectivity index (χ2n) is 8.13. The lowest BCUT2D eigenvalue weighted by molar-refractivity contribution is -0.137. The molecule has 0 unspecified atom stereocenters. The summed E-state index contributed by atoms with van der Waals surface area (Å²) in [6.07, 6.45) is -3.19. The van der Waals surface area contributed by atoms with Crippen molar-refractivity contribution in [1.29, 1.82) is 0 Å². The number of benzene rings is 3. The van der Waals surface area contributed by atoms with Gasteiger partial charge in [-0.2, -0.15) is 13.2 Å². The number of hydrogen-bond donors (Lipinski definition) is 0. The lowest BCUT2D eigenvalue weighted by atomic mass is 10.0. The summed E-state index contributed by atoms with van der Waals surface area (Å²) in [7, 11) is 0. The number of carbonyl (C=O) groups excluding carboxylic acids is 1. The summed E-state index contributed by atoms with van der Waals surface area (Å²) in [6, 6.07) is 18.0. The maximum atomic E-state index is 13.2. The second kappa shape index (κ2) is 12.2. The first-order valence-electron chi connectivity index (χ1n) is 11.5. The number of alkyl halides is 3. The fraction of sp³-hybridized carbons (Fsp3) is 0.276. The highest BCUT2D eigenvalue weighted by Crippen LogP contribution is 2.39. The molecule has 0 amide bonds. The molecule has 0 saturated carbocycles. The summed E-state index contributed by atoms with van der Waals surface area (Å²) in [5.41, 5.74) is 3.60. The third kappa shape index (κ3) is 7.22. The van der Waals surface area contributed by atoms with E-state index < -0.39 is 17.7 Å². The summed E-state index contributed by atoms with van der Waals surface area (Å²) in [4.78, 5) is 14.0. The van der Waals surface area contributed by atoms with Crippen LogP contribution in [0.1, 0.15) is 59.8 Å². The average Bonchev–Trinajstić information content (AvgIpc) is 2.81. The van der Waals surface area contributed by atoms with E-state index in [9.17, 15) is 18.0 Å². The van der Waals surface area contributed by atoms with E-state index in [0.29, 0.717) is 28.2 Å². The van der Waals surface area contributed by atoms with Crippen LogP contribution in [0, 0.1) is 13.8 Å². The largest absolute Gasteiger partial charge is 0.462 e. The molecule has 3 aromatic carbocycles. The third-order valence-corrected chi connectivity index (χ3v) is 5.04. The Kier molecular flexibility index (Phi) is 9.69. The van der Waals surface area contributed by atoms with Gasteiger partial charge in [-0.05, 0) is 68.3 Å². The van der Waals surface area contributed by atoms with E-state index in [1.165, 1.54) is 12.5 Å². The van der Waals surface area contributed by atoms with Crippen molar-refractivity contribution in [3.8, 4) is 0 Å². The summed E-state index contributed by atoms with van der Waals surface area (Å²) < 4.78 is 44.7. The first-order valence-corrected chi connectivity index (χ1v) is 11.5. The number of carbonyl (C=O) groups is 1. The lowest BCUT2D eigenvalue weighted by Crippen LogP contribution is -2.17. The van der Waals surface area contributed by atoms with Crippen molar-refractivity contribution >= 4 is 23.0 Å². The summed E-state index contributed by atoms with van der Waals surface area (Å²) in [5.74, 6) is -0.473. The standard InChI is InChI=1S/C26H24F3NO2.C3H8/c1-5-32-25(31)21-7-6-8-23(16-21)30(19(4)20-11-9-17(2)10-12-20)24-14-13-22(15-18(24)3)26(27,28)29;1-3-2/h6-16H,4-5H2,1-3H3;3H2,1-2H3. The molecule has 0 fully saturated rings. The number of nitrogens with zero attached hydrogens (tertiary/aromatic N) is 1. The SMILES string of the molecule is C=C(c1ccc(C)cc1)N(c1cccc(C(=O)OCC)c1)c1ccc(C(F)(F)F)cc1C.CCC. The Bertz CT molecular complexity index is 1150. The minimum Gasteiger partial charge on any atom is -0.462 e. The highest BCUT2D eigenvalue weighted by atomic mass is 19.4. The molecular weight excluding hydrogens is 451 g/mol. The van der Waals surface area contributed by atoms with Gasteiger partial charge in [-0.15, -0.1) is 0 Å². The van der Waals surface area contributed by atoms with Crippen LogP contribution in [-0.4, -0.2) is 12.6 Å². The molecule has 3 nitrogen and oxygen atoms in total. The van der Waals surface area contributed by atoms with Crippen LogP contribution in [0.15, 0.2) is 73.3 Å². The molecule has 0 radical (unpaired) electrons. The number of halogens is 3. The van der Waals surface area contributed by atoms with Crippen molar-refractivity contribution in [3.63, 3.8) is 0 Å². The van der Waals surface area contributed by atoms with E-state index in [2.05, 4.69) is 20.4 Å². The number of ether oxygens (including phenoxy) is 1. The highest BCUT2D eigenvalue weighted by Gasteiger charge is 2.31. The maximum absolute atomic E-state index is 13.2. The molecule has 0 aliphatic heterocycles. The van der Waals surface area contributed by atoms with Gasteiger partial charge in [0.25, 0.3) is 0 Å². The van der Waals surface area contributed by atoms with Crippen LogP contribution in [0.2, 0.25) is 0 Å². The molecule has 0 bridgehead atoms. The van der Waals surface area contributed by atoms with Crippen molar-refractivity contribution in [2.75, 3.05) is 11.5 Å². The summed E-state index contributed by atoms with van der Waals surface area (Å²) in [6.45, 7) is 14.0. The number of rotatable bonds is 6. The Morgan fingerprint density at radius 1 is 0.914 bits per heavy atom. The molecule has 0 saturated heterocycles. The molecular formula is C29H32F3NO2. The van der Waals surface area contributed by atoms with Crippen LogP contribution in [0.5, 0.6) is 0 Å². The summed E-state index contributed by atoms with van der Waals surface area (Å²) >= 11 is 0. The monoisotopic (exact) mass is 483 g/mol. The number of anilines is 2. The van der Waals surface area contributed by atoms with E-state index in [-0.39, 0.29) is 6.61 Å². The van der Waals surface area contributed by atoms with Crippen molar-refractivity contribution in [3.05, 3.63) is 101 Å². The van der Waals surface area contributed by atoms with Gasteiger partial charge in [0.05, 0.1) is 17.7 Å². The van der Waals surface area contributed by atoms with Gasteiger partial charge in [0.1, 0.15) is 0 Å². The van der Waals surface area contributed by atoms with Gasteiger partial charge in [0, 0.05) is 17.1 Å². The second-order valence-corrected chi connectivity index (χ2v) is 8.13. The van der Waals surface area contributed by atoms with Gasteiger partial charge in [0.15, 0.2) is 0 Å². The Balaban J connectivity index is 0.00000137. The Hall–Kier alpha value is -3.54. The maximum Gasteiger partial charge on any atom is 0.416 e. The molecule has 186 valence electrons. The number of esters is 1. The molecule has 35 heavy (non-hydrogen) atoms. The van der Waals surface area contributed by atoms with Crippen LogP contribution >= 0.6 is 0 Å². The van der Waals surface area contributed by atoms with Crippen molar-refractivity contribution < 1.29 is 22.7 Å². The lowest BCUT2D eigenvalue weighted by Gasteiger charge is -2.29. The van der Waals surface area contributed by atoms with E-state index >= 15 is 0 Å².